The van der Waals surface area contributed by atoms with E-state index in [1.807, 2.05) is 0 Å². The molecule has 0 bridgehead atoms. The van der Waals surface area contributed by atoms with Gasteiger partial charge in [0.25, 0.3) is 0 Å². The van der Waals surface area contributed by atoms with E-state index in [0.29, 0.717) is 12.8 Å². The number of nitrogens with one attached hydrogen (secondary N) is 9. The van der Waals surface area contributed by atoms with Gasteiger partial charge in [-0.05, 0) is 62.2 Å². The SMILES string of the molecule is CC[C@H](C)[C@H](NC(=O)[C@H](CO)NC(=O)[C@H](CC(C)C)NC(=O)[C@@H](NC(=O)[C@@H](NC(=O)[C@H](CCC(=O)O)NC(=O)[C@@H](NC(=O)[C@@H](N)CCC(=O)O)[C@@H](C)CC)[C@@H](C)O)C(C)C)C(=O)N[C@@H](CC(C)C)C(=O)N[C@@H](CC(N)=O)C(=O)O. The lowest BCUT2D eigenvalue weighted by molar-refractivity contribution is -0.144. The van der Waals surface area contributed by atoms with Crippen LogP contribution in [0.4, 0.5) is 0 Å². The number of aliphatic carboxylic acids is 3. The van der Waals surface area contributed by atoms with Gasteiger partial charge in [0.2, 0.25) is 59.1 Å². The summed E-state index contributed by atoms with van der Waals surface area (Å²) in [6.07, 6.45) is -3.81. The Bertz CT molecular complexity index is 2120. The fourth-order valence-electron chi connectivity index (χ4n) is 7.63. The molecule has 0 spiro atoms. The molecular formula is C50H87N11O18. The Hall–Kier alpha value is -7.01. The minimum Gasteiger partial charge on any atom is -0.481 e. The van der Waals surface area contributed by atoms with Gasteiger partial charge in [0, 0.05) is 12.8 Å². The van der Waals surface area contributed by atoms with E-state index in [2.05, 4.69) is 47.9 Å². The third-order valence-electron chi connectivity index (χ3n) is 12.7. The second-order valence-electron chi connectivity index (χ2n) is 20.9. The fraction of sp³-hybridized carbons (Fsp3) is 0.740. The van der Waals surface area contributed by atoms with Gasteiger partial charge in [-0.15, -0.1) is 0 Å². The summed E-state index contributed by atoms with van der Waals surface area (Å²) in [5.74, 6) is -16.6. The predicted molar refractivity (Wildman–Crippen MR) is 282 cm³/mol. The van der Waals surface area contributed by atoms with Crippen molar-refractivity contribution < 1.29 is 87.9 Å². The van der Waals surface area contributed by atoms with Crippen molar-refractivity contribution in [3.05, 3.63) is 0 Å². The first-order valence-electron chi connectivity index (χ1n) is 26.3. The zero-order valence-electron chi connectivity index (χ0n) is 47.0. The molecule has 0 rings (SSSR count). The van der Waals surface area contributed by atoms with Gasteiger partial charge in [-0.25, -0.2) is 4.79 Å². The van der Waals surface area contributed by atoms with Crippen LogP contribution in [0.5, 0.6) is 0 Å². The highest BCUT2D eigenvalue weighted by atomic mass is 16.4. The molecule has 29 nitrogen and oxygen atoms in total. The molecule has 0 aliphatic heterocycles. The van der Waals surface area contributed by atoms with Crippen molar-refractivity contribution in [2.45, 2.75) is 200 Å². The maximum atomic E-state index is 14.0. The minimum absolute atomic E-state index is 0.00128. The molecule has 0 aromatic carbocycles. The molecule has 450 valence electrons. The molecule has 0 aliphatic rings. The summed E-state index contributed by atoms with van der Waals surface area (Å²) in [7, 11) is 0. The molecule has 0 saturated heterocycles. The van der Waals surface area contributed by atoms with Gasteiger partial charge < -0.3 is 84.9 Å². The Morgan fingerprint density at radius 2 is 0.772 bits per heavy atom. The maximum absolute atomic E-state index is 14.0. The standard InChI is InChI=1S/C50H87N11O18/c1-12-25(9)38(59-41(69)28(51)14-16-35(65)66)47(75)53-29(15-17-36(67)68)42(70)61-40(27(11)63)49(77)58-37(24(7)8)46(74)54-31(19-23(5)6)44(72)57-33(21-62)45(73)60-39(26(10)13-2)48(76)55-30(18-22(3)4)43(71)56-32(50(78)79)20-34(52)64/h22-33,37-40,62-63H,12-21,51H2,1-11H3,(H2,52,64)(H,53,75)(H,54,74)(H,55,76)(H,56,71)(H,57,72)(H,58,77)(H,59,69)(H,60,73)(H,61,70)(H,65,66)(H,67,68)(H,78,79)/t25-,26-,27+,28-,29-,30-,31-,32-,33-,37-,38-,39-,40-/m0/s1. The van der Waals surface area contributed by atoms with E-state index in [0.717, 1.165) is 6.92 Å². The molecule has 0 heterocycles. The molecule has 0 aromatic rings. The Labute approximate surface area is 459 Å². The van der Waals surface area contributed by atoms with Crippen molar-refractivity contribution in [1.82, 2.24) is 47.9 Å². The molecule has 29 heteroatoms. The van der Waals surface area contributed by atoms with Gasteiger partial charge in [0.15, 0.2) is 0 Å². The van der Waals surface area contributed by atoms with Crippen molar-refractivity contribution in [3.8, 4) is 0 Å². The average molecular weight is 1130 g/mol. The second-order valence-corrected chi connectivity index (χ2v) is 20.9. The zero-order chi connectivity index (χ0) is 61.2. The topological polar surface area (TPSA) is 483 Å². The summed E-state index contributed by atoms with van der Waals surface area (Å²) in [6.45, 7) is 16.6. The second kappa shape index (κ2) is 35.5. The van der Waals surface area contributed by atoms with Crippen LogP contribution in [0.2, 0.25) is 0 Å². The Balaban J connectivity index is 6.56. The minimum atomic E-state index is -1.85. The van der Waals surface area contributed by atoms with Crippen LogP contribution >= 0.6 is 0 Å². The number of carbonyl (C=O) groups is 13. The molecule has 79 heavy (non-hydrogen) atoms. The summed E-state index contributed by atoms with van der Waals surface area (Å²) in [4.78, 5) is 169. The van der Waals surface area contributed by atoms with E-state index in [-0.39, 0.29) is 31.1 Å². The van der Waals surface area contributed by atoms with E-state index in [1.54, 1.807) is 55.4 Å². The van der Waals surface area contributed by atoms with Crippen molar-refractivity contribution in [2.24, 2.45) is 41.1 Å². The quantitative estimate of drug-likeness (QED) is 0.0286. The summed E-state index contributed by atoms with van der Waals surface area (Å²) in [6, 6.07) is -15.3. The van der Waals surface area contributed by atoms with Crippen LogP contribution in [0.3, 0.4) is 0 Å². The molecule has 13 atom stereocenters. The molecular weight excluding hydrogens is 1040 g/mol. The van der Waals surface area contributed by atoms with Crippen LogP contribution in [0, 0.1) is 29.6 Å². The van der Waals surface area contributed by atoms with E-state index in [1.165, 1.54) is 13.8 Å². The number of hydrogen-bond donors (Lipinski definition) is 16. The lowest BCUT2D eigenvalue weighted by Crippen LogP contribution is -2.63. The van der Waals surface area contributed by atoms with E-state index < -0.39 is 194 Å². The predicted octanol–water partition coefficient (Wildman–Crippen LogP) is -3.42. The van der Waals surface area contributed by atoms with E-state index >= 15 is 0 Å². The van der Waals surface area contributed by atoms with Gasteiger partial charge in [-0.3, -0.25) is 57.5 Å². The highest BCUT2D eigenvalue weighted by Crippen LogP contribution is 2.15. The van der Waals surface area contributed by atoms with Crippen molar-refractivity contribution >= 4 is 77.0 Å². The monoisotopic (exact) mass is 1130 g/mol. The van der Waals surface area contributed by atoms with Gasteiger partial charge in [-0.1, -0.05) is 82.1 Å². The van der Waals surface area contributed by atoms with Crippen molar-refractivity contribution in [3.63, 3.8) is 0 Å². The number of amides is 10. The van der Waals surface area contributed by atoms with E-state index in [4.69, 9.17) is 16.6 Å². The van der Waals surface area contributed by atoms with Crippen LogP contribution in [-0.2, 0) is 62.3 Å². The first-order valence-corrected chi connectivity index (χ1v) is 26.3. The molecule has 0 radical (unpaired) electrons. The summed E-state index contributed by atoms with van der Waals surface area (Å²) in [5.41, 5.74) is 11.0. The van der Waals surface area contributed by atoms with Gasteiger partial charge in [0.1, 0.15) is 54.4 Å². The third kappa shape index (κ3) is 26.5. The molecule has 0 aliphatic carbocycles. The Morgan fingerprint density at radius 1 is 0.430 bits per heavy atom. The molecule has 0 unspecified atom stereocenters. The highest BCUT2D eigenvalue weighted by molar-refractivity contribution is 5.99. The number of hydrogen-bond acceptors (Lipinski definition) is 16. The number of carbonyl (C=O) groups excluding carboxylic acids is 10. The van der Waals surface area contributed by atoms with Gasteiger partial charge in [0.05, 0.1) is 25.2 Å². The van der Waals surface area contributed by atoms with Gasteiger partial charge in [-0.2, -0.15) is 0 Å². The number of carboxylic acid groups (broad SMARTS) is 3. The fourth-order valence-corrected chi connectivity index (χ4v) is 7.63. The highest BCUT2D eigenvalue weighted by Gasteiger charge is 2.39. The van der Waals surface area contributed by atoms with Crippen molar-refractivity contribution in [2.75, 3.05) is 6.61 Å². The van der Waals surface area contributed by atoms with Gasteiger partial charge >= 0.3 is 17.9 Å². The lowest BCUT2D eigenvalue weighted by Gasteiger charge is -2.30. The average Bonchev–Trinajstić information content (AvgIpc) is 3.35. The normalized spacial score (nSPS) is 16.3. The van der Waals surface area contributed by atoms with Crippen LogP contribution in [-0.4, -0.2) is 176 Å². The number of rotatable bonds is 38. The number of aliphatic hydroxyl groups excluding tert-OH is 2. The molecule has 10 amide bonds. The van der Waals surface area contributed by atoms with Crippen LogP contribution < -0.4 is 59.3 Å². The molecule has 0 fully saturated rings. The lowest BCUT2D eigenvalue weighted by atomic mass is 9.96. The number of primary amides is 1. The number of nitrogens with two attached hydrogens (primary N) is 2. The van der Waals surface area contributed by atoms with Crippen LogP contribution in [0.1, 0.15) is 134 Å². The van der Waals surface area contributed by atoms with Crippen LogP contribution in [0.25, 0.3) is 0 Å². The van der Waals surface area contributed by atoms with E-state index in [9.17, 15) is 82.8 Å². The molecule has 18 N–H and O–H groups in total. The third-order valence-corrected chi connectivity index (χ3v) is 12.7. The van der Waals surface area contributed by atoms with Crippen molar-refractivity contribution in [1.29, 1.82) is 0 Å². The summed E-state index contributed by atoms with van der Waals surface area (Å²) in [5, 5.41) is 70.8. The zero-order valence-corrected chi connectivity index (χ0v) is 47.0. The number of aliphatic hydroxyl groups is 2. The maximum Gasteiger partial charge on any atom is 0.326 e. The molecule has 0 saturated carbocycles. The first kappa shape index (κ1) is 72.0. The first-order chi connectivity index (χ1) is 36.6. The number of carboxylic acids is 3. The summed E-state index contributed by atoms with van der Waals surface area (Å²) < 4.78 is 0. The Morgan fingerprint density at radius 3 is 1.15 bits per heavy atom. The largest absolute Gasteiger partial charge is 0.481 e. The summed E-state index contributed by atoms with van der Waals surface area (Å²) >= 11 is 0. The molecule has 0 aromatic heterocycles. The van der Waals surface area contributed by atoms with Crippen LogP contribution in [0.15, 0.2) is 0 Å². The Kier molecular flexibility index (Phi) is 32.3. The smallest absolute Gasteiger partial charge is 0.326 e.